The Balaban J connectivity index is 1.50. The van der Waals surface area contributed by atoms with Gasteiger partial charge < -0.3 is 10.1 Å². The molecule has 42 heavy (non-hydrogen) atoms. The molecular formula is C29H20F3N5O4S. The van der Waals surface area contributed by atoms with Crippen molar-refractivity contribution in [2.45, 2.75) is 13.1 Å². The van der Waals surface area contributed by atoms with Gasteiger partial charge in [0.2, 0.25) is 0 Å². The quantitative estimate of drug-likeness (QED) is 0.296. The van der Waals surface area contributed by atoms with Crippen LogP contribution in [0.25, 0.3) is 27.0 Å². The maximum absolute atomic E-state index is 13.3. The summed E-state index contributed by atoms with van der Waals surface area (Å²) in [4.78, 5) is 38.1. The first kappa shape index (κ1) is 28.3. The molecule has 13 heteroatoms. The van der Waals surface area contributed by atoms with Crippen LogP contribution in [0.4, 0.5) is 18.9 Å². The Bertz CT molecular complexity index is 2020. The number of anilines is 1. The number of carbonyl (C=O) groups is 1. The van der Waals surface area contributed by atoms with Gasteiger partial charge in [-0.3, -0.25) is 14.2 Å². The van der Waals surface area contributed by atoms with E-state index in [1.165, 1.54) is 18.2 Å². The molecule has 0 aliphatic heterocycles. The second-order valence-electron chi connectivity index (χ2n) is 9.28. The molecule has 0 radical (unpaired) electrons. The molecule has 0 saturated carbocycles. The number of fused-ring (bicyclic) bond motifs is 1. The van der Waals surface area contributed by atoms with E-state index >= 15 is 0 Å². The summed E-state index contributed by atoms with van der Waals surface area (Å²) in [6.07, 6.45) is -4.88. The molecule has 212 valence electrons. The number of aromatic nitrogens is 3. The number of nitrogens with zero attached hydrogens (tertiary/aromatic N) is 4. The van der Waals surface area contributed by atoms with Gasteiger partial charge in [-0.1, -0.05) is 12.1 Å². The van der Waals surface area contributed by atoms with Gasteiger partial charge in [-0.25, -0.2) is 9.36 Å². The van der Waals surface area contributed by atoms with Crippen LogP contribution in [0, 0.1) is 18.3 Å². The van der Waals surface area contributed by atoms with E-state index in [1.807, 2.05) is 19.1 Å². The first-order valence-electron chi connectivity index (χ1n) is 12.3. The van der Waals surface area contributed by atoms with Crippen molar-refractivity contribution in [1.29, 1.82) is 5.26 Å². The fraction of sp³-hybridized carbons (Fsp3) is 0.138. The van der Waals surface area contributed by atoms with E-state index in [4.69, 9.17) is 10.00 Å². The molecule has 1 amide bonds. The van der Waals surface area contributed by atoms with Crippen LogP contribution in [0.5, 0.6) is 5.75 Å². The average Bonchev–Trinajstić information content (AvgIpc) is 3.36. The lowest BCUT2D eigenvalue weighted by Gasteiger charge is -2.14. The predicted molar refractivity (Wildman–Crippen MR) is 151 cm³/mol. The zero-order chi connectivity index (χ0) is 30.2. The summed E-state index contributed by atoms with van der Waals surface area (Å²) in [7, 11) is 0.948. The maximum atomic E-state index is 13.3. The second-order valence-corrected chi connectivity index (χ2v) is 10.1. The van der Waals surface area contributed by atoms with Crippen LogP contribution in [0.3, 0.4) is 0 Å². The molecule has 0 saturated heterocycles. The summed E-state index contributed by atoms with van der Waals surface area (Å²) < 4.78 is 52.0. The molecule has 5 aromatic rings. The SMILES string of the molecule is Cc1ccc(-c2nsc3ccc(-n4c(=O)cc(C(F)(F)F)n(C)c4=O)cc23)c(OCC(=O)Nc2cccc(C#N)c2)c1. The van der Waals surface area contributed by atoms with Crippen molar-refractivity contribution in [3.05, 3.63) is 104 Å². The van der Waals surface area contributed by atoms with Crippen molar-refractivity contribution in [1.82, 2.24) is 13.5 Å². The lowest BCUT2D eigenvalue weighted by Crippen LogP contribution is -2.40. The zero-order valence-corrected chi connectivity index (χ0v) is 22.8. The van der Waals surface area contributed by atoms with Crippen LogP contribution in [0.1, 0.15) is 16.8 Å². The number of hydrogen-bond donors (Lipinski definition) is 1. The molecule has 9 nitrogen and oxygen atoms in total. The van der Waals surface area contributed by atoms with Gasteiger partial charge in [0.25, 0.3) is 11.5 Å². The highest BCUT2D eigenvalue weighted by Gasteiger charge is 2.35. The van der Waals surface area contributed by atoms with Gasteiger partial charge in [-0.15, -0.1) is 0 Å². The maximum Gasteiger partial charge on any atom is 0.431 e. The first-order valence-corrected chi connectivity index (χ1v) is 13.1. The van der Waals surface area contributed by atoms with E-state index in [2.05, 4.69) is 9.69 Å². The van der Waals surface area contributed by atoms with E-state index in [1.54, 1.807) is 36.4 Å². The minimum Gasteiger partial charge on any atom is -0.483 e. The van der Waals surface area contributed by atoms with Gasteiger partial charge >= 0.3 is 11.9 Å². The van der Waals surface area contributed by atoms with Crippen molar-refractivity contribution >= 4 is 33.2 Å². The van der Waals surface area contributed by atoms with Crippen molar-refractivity contribution in [3.63, 3.8) is 0 Å². The molecule has 5 rings (SSSR count). The summed E-state index contributed by atoms with van der Waals surface area (Å²) >= 11 is 1.14. The van der Waals surface area contributed by atoms with Crippen molar-refractivity contribution in [2.75, 3.05) is 11.9 Å². The smallest absolute Gasteiger partial charge is 0.431 e. The lowest BCUT2D eigenvalue weighted by atomic mass is 10.0. The minimum atomic E-state index is -4.88. The molecule has 0 fully saturated rings. The van der Waals surface area contributed by atoms with Crippen LogP contribution in [0.2, 0.25) is 0 Å². The number of benzene rings is 3. The van der Waals surface area contributed by atoms with Gasteiger partial charge in [0, 0.05) is 29.8 Å². The number of alkyl halides is 3. The van der Waals surface area contributed by atoms with E-state index < -0.39 is 29.0 Å². The topological polar surface area (TPSA) is 119 Å². The standard InChI is InChI=1S/C29H20F3N5O4S/c1-16-6-8-20(22(10-16)41-15-25(38)34-18-5-3-4-17(11-18)14-33)27-21-12-19(7-9-23(21)42-35-27)37-26(39)13-24(29(30,31)32)36(2)28(37)40/h3-13H,15H2,1-2H3,(H,34,38). The molecule has 0 aliphatic rings. The first-order chi connectivity index (χ1) is 20.0. The number of nitriles is 1. The highest BCUT2D eigenvalue weighted by Crippen LogP contribution is 2.37. The highest BCUT2D eigenvalue weighted by molar-refractivity contribution is 7.13. The van der Waals surface area contributed by atoms with Crippen molar-refractivity contribution < 1.29 is 22.7 Å². The zero-order valence-electron chi connectivity index (χ0n) is 22.0. The van der Waals surface area contributed by atoms with Crippen LogP contribution in [-0.2, 0) is 18.0 Å². The Morgan fingerprint density at radius 2 is 1.88 bits per heavy atom. The fourth-order valence-electron chi connectivity index (χ4n) is 4.35. The van der Waals surface area contributed by atoms with Crippen LogP contribution in [-0.4, -0.2) is 26.0 Å². The van der Waals surface area contributed by atoms with E-state index in [9.17, 15) is 27.6 Å². The molecule has 1 N–H and O–H groups in total. The summed E-state index contributed by atoms with van der Waals surface area (Å²) in [6.45, 7) is 1.49. The van der Waals surface area contributed by atoms with Gasteiger partial charge in [0.15, 0.2) is 6.61 Å². The Morgan fingerprint density at radius 3 is 2.62 bits per heavy atom. The fourth-order valence-corrected chi connectivity index (χ4v) is 5.12. The third kappa shape index (κ3) is 5.52. The van der Waals surface area contributed by atoms with Gasteiger partial charge in [-0.2, -0.15) is 22.8 Å². The molecular weight excluding hydrogens is 571 g/mol. The minimum absolute atomic E-state index is 0.0665. The highest BCUT2D eigenvalue weighted by atomic mass is 32.1. The number of halogens is 3. The Morgan fingerprint density at radius 1 is 1.10 bits per heavy atom. The van der Waals surface area contributed by atoms with E-state index in [0.717, 1.165) is 24.1 Å². The van der Waals surface area contributed by atoms with Crippen molar-refractivity contribution in [2.24, 2.45) is 7.05 Å². The number of rotatable bonds is 6. The predicted octanol–water partition coefficient (Wildman–Crippen LogP) is 5.03. The van der Waals surface area contributed by atoms with Gasteiger partial charge in [-0.05, 0) is 72.6 Å². The molecule has 0 spiro atoms. The largest absolute Gasteiger partial charge is 0.483 e. The number of nitrogens with one attached hydrogen (secondary N) is 1. The molecule has 3 aromatic carbocycles. The van der Waals surface area contributed by atoms with Crippen LogP contribution < -0.4 is 21.3 Å². The Labute approximate surface area is 239 Å². The third-order valence-electron chi connectivity index (χ3n) is 6.35. The van der Waals surface area contributed by atoms with Crippen LogP contribution >= 0.6 is 11.5 Å². The molecule has 0 unspecified atom stereocenters. The van der Waals surface area contributed by atoms with Crippen molar-refractivity contribution in [3.8, 4) is 28.8 Å². The Hall–Kier alpha value is -5.22. The normalized spacial score (nSPS) is 11.3. The monoisotopic (exact) mass is 591 g/mol. The molecule has 0 atom stereocenters. The molecule has 0 bridgehead atoms. The van der Waals surface area contributed by atoms with Crippen LogP contribution in [0.15, 0.2) is 76.3 Å². The van der Waals surface area contributed by atoms with Gasteiger partial charge in [0.1, 0.15) is 11.4 Å². The van der Waals surface area contributed by atoms with E-state index in [0.29, 0.717) is 53.5 Å². The molecule has 2 aromatic heterocycles. The average molecular weight is 592 g/mol. The summed E-state index contributed by atoms with van der Waals surface area (Å²) in [5, 5.41) is 12.3. The number of hydrogen-bond acceptors (Lipinski definition) is 7. The molecule has 2 heterocycles. The molecule has 0 aliphatic carbocycles. The van der Waals surface area contributed by atoms with E-state index in [-0.39, 0.29) is 12.3 Å². The lowest BCUT2D eigenvalue weighted by molar-refractivity contribution is -0.144. The summed E-state index contributed by atoms with van der Waals surface area (Å²) in [5.41, 5.74) is -0.925. The second kappa shape index (κ2) is 11.0. The van der Waals surface area contributed by atoms with Gasteiger partial charge in [0.05, 0.1) is 27.7 Å². The third-order valence-corrected chi connectivity index (χ3v) is 7.18. The summed E-state index contributed by atoms with van der Waals surface area (Å²) in [6, 6.07) is 18.7. The number of ether oxygens (including phenoxy) is 1. The summed E-state index contributed by atoms with van der Waals surface area (Å²) in [5.74, 6) is -0.114. The Kier molecular flexibility index (Phi) is 7.40. The number of aryl methyl sites for hydroxylation is 1. The number of amides is 1. The number of carbonyl (C=O) groups excluding carboxylic acids is 1.